The Morgan fingerprint density at radius 3 is 1.22 bits per heavy atom. The quantitative estimate of drug-likeness (QED) is 0.0551. The van der Waals surface area contributed by atoms with E-state index in [1.165, 1.54) is 71.4 Å². The van der Waals surface area contributed by atoms with Crippen molar-refractivity contribution in [1.82, 2.24) is 77.9 Å². The number of fused-ring (bicyclic) bond motifs is 5. The molecule has 108 heavy (non-hydrogen) atoms. The Morgan fingerprint density at radius 2 is 0.806 bits per heavy atom. The molecule has 23 N–H and O–H groups in total. The molecule has 16 heterocycles. The lowest BCUT2D eigenvalue weighted by atomic mass is 10.0. The maximum absolute atomic E-state index is 10.5. The molecule has 16 rings (SSSR count). The van der Waals surface area contributed by atoms with Crippen LogP contribution in [0.2, 0.25) is 0 Å². The van der Waals surface area contributed by atoms with Crippen LogP contribution in [0.15, 0.2) is 105 Å². The molecule has 5 aliphatic heterocycles. The van der Waals surface area contributed by atoms with Gasteiger partial charge in [0, 0.05) is 60.2 Å². The standard InChI is InChI=1S/C17H21N5O4.2C13H18N4O4.C13H17N3O4.C12H16N4O4/c1-3-25-7-10-6-12(21-20-10)15-13(23)14(24)17(26-15)22-5-4-11-9(2)18-8-19-16(11)22;2*1-2-7(18)11-9(19)10(20)13(21-11)17-5-16-8-6(14)3-4-15-12(8)17;1-6(17)11-9(18)10(19)13(20-11)16-5-3-7-8(14)2-4-15-12(7)16;1-5(17)10-8(18)9(19)12(20-10)16-4-15-7-6(13)2-3-14-11(7)16/h4-6,8,13-15,17,23-24H,3,7H2,1-2H3,(H,20,21);2*3-5,7,9-11,13,18-20H,2H2,1H3,(H2,14,15);2-6,9-11,13,17-19H,1H3,(H2,14,15);2-5,8-10,12,17-19H,1H3,(H2,13,14). The molecule has 0 amide bonds. The molecule has 0 bridgehead atoms. The minimum Gasteiger partial charge on any atom is -0.398 e. The predicted octanol–water partition coefficient (Wildman–Crippen LogP) is -1.57. The number of pyridine rings is 4. The third-order valence-corrected chi connectivity index (χ3v) is 19.5. The summed E-state index contributed by atoms with van der Waals surface area (Å²) in [7, 11) is 0. The highest BCUT2D eigenvalue weighted by molar-refractivity contribution is 5.89. The molecule has 5 saturated heterocycles. The van der Waals surface area contributed by atoms with Crippen molar-refractivity contribution in [3.05, 3.63) is 122 Å². The van der Waals surface area contributed by atoms with Crippen LogP contribution in [0.4, 0.5) is 22.7 Å². The fourth-order valence-corrected chi connectivity index (χ4v) is 13.5. The Kier molecular flexibility index (Phi) is 23.9. The minimum absolute atomic E-state index is 0.400. The number of aliphatic hydroxyl groups excluding tert-OH is 14. The molecular formula is C68H90N20O20. The normalized spacial score (nSPS) is 30.0. The number of nitrogens with two attached hydrogens (primary N) is 4. The number of aromatic amines is 1. The average Bonchev–Trinajstić information content (AvgIpc) is 1.64. The van der Waals surface area contributed by atoms with Gasteiger partial charge in [0.1, 0.15) is 126 Å². The smallest absolute Gasteiger partial charge is 0.165 e. The van der Waals surface area contributed by atoms with Crippen LogP contribution in [-0.2, 0) is 35.0 Å². The summed E-state index contributed by atoms with van der Waals surface area (Å²) in [4.78, 5) is 37.6. The molecule has 0 aliphatic carbocycles. The number of aliphatic hydroxyl groups is 14. The number of hydrogen-bond donors (Lipinski definition) is 19. The van der Waals surface area contributed by atoms with Crippen molar-refractivity contribution in [1.29, 1.82) is 0 Å². The Balaban J connectivity index is 0.000000127. The van der Waals surface area contributed by atoms with Gasteiger partial charge < -0.3 is 132 Å². The summed E-state index contributed by atoms with van der Waals surface area (Å²) >= 11 is 0. The minimum atomic E-state index is -1.18. The lowest BCUT2D eigenvalue weighted by Gasteiger charge is -2.19. The van der Waals surface area contributed by atoms with Crippen molar-refractivity contribution >= 4 is 78.3 Å². The van der Waals surface area contributed by atoms with Gasteiger partial charge in [0.05, 0.1) is 84.1 Å². The first kappa shape index (κ1) is 78.4. The van der Waals surface area contributed by atoms with E-state index in [-0.39, 0.29) is 0 Å². The van der Waals surface area contributed by atoms with Crippen molar-refractivity contribution in [3.8, 4) is 0 Å². The van der Waals surface area contributed by atoms with Crippen molar-refractivity contribution in [3.63, 3.8) is 0 Å². The summed E-state index contributed by atoms with van der Waals surface area (Å²) in [6.07, 6.45) is -7.18. The van der Waals surface area contributed by atoms with E-state index in [0.717, 1.165) is 22.2 Å². The molecule has 5 fully saturated rings. The number of aromatic nitrogens is 16. The molecule has 11 aromatic heterocycles. The largest absolute Gasteiger partial charge is 0.398 e. The van der Waals surface area contributed by atoms with E-state index in [2.05, 4.69) is 55.1 Å². The summed E-state index contributed by atoms with van der Waals surface area (Å²) in [5.41, 5.74) is 31.5. The summed E-state index contributed by atoms with van der Waals surface area (Å²) in [6.45, 7) is 11.3. The summed E-state index contributed by atoms with van der Waals surface area (Å²) in [6, 6.07) is 12.0. The van der Waals surface area contributed by atoms with Gasteiger partial charge in [0.15, 0.2) is 48.1 Å². The SMILES string of the molecule is CC(O)C1OC(n2ccc3c(N)ccnc32)C(O)C1O.CC(O)C1OC(n2cnc3c(N)ccnc32)C(O)C1O.CCC(O)C1OC(n2cnc3c(N)ccnc32)C(O)C1O.CCC(O)C1OC(n2cnc3c(N)ccnc32)C(O)C1O.CCOCc1cc(C2OC(n3ccc4c(C)ncnc43)C(O)C2O)n[nH]1. The van der Waals surface area contributed by atoms with Crippen molar-refractivity contribution in [2.24, 2.45) is 0 Å². The van der Waals surface area contributed by atoms with Crippen LogP contribution in [0.3, 0.4) is 0 Å². The van der Waals surface area contributed by atoms with Gasteiger partial charge >= 0.3 is 0 Å². The van der Waals surface area contributed by atoms with Crippen LogP contribution in [0.25, 0.3) is 55.6 Å². The summed E-state index contributed by atoms with van der Waals surface area (Å²) < 4.78 is 41.5. The zero-order chi connectivity index (χ0) is 77.4. The number of nitrogens with one attached hydrogen (secondary N) is 1. The van der Waals surface area contributed by atoms with E-state index in [1.807, 2.05) is 19.9 Å². The third-order valence-electron chi connectivity index (χ3n) is 19.5. The van der Waals surface area contributed by atoms with Gasteiger partial charge in [-0.05, 0) is 83.0 Å². The maximum atomic E-state index is 10.5. The van der Waals surface area contributed by atoms with Crippen molar-refractivity contribution in [2.75, 3.05) is 29.5 Å². The Bertz CT molecular complexity index is 4600. The van der Waals surface area contributed by atoms with Crippen LogP contribution in [0.1, 0.15) is 102 Å². The molecule has 582 valence electrons. The summed E-state index contributed by atoms with van der Waals surface area (Å²) in [5, 5.41) is 149. The van der Waals surface area contributed by atoms with Crippen LogP contribution in [-0.4, -0.2) is 266 Å². The molecule has 0 aromatic carbocycles. The second kappa shape index (κ2) is 32.9. The first-order valence-electron chi connectivity index (χ1n) is 34.8. The highest BCUT2D eigenvalue weighted by Crippen LogP contribution is 2.42. The molecule has 11 aromatic rings. The number of nitrogens with zero attached hydrogens (tertiary/aromatic N) is 15. The van der Waals surface area contributed by atoms with Crippen molar-refractivity contribution in [2.45, 2.75) is 208 Å². The molecule has 24 unspecified atom stereocenters. The van der Waals surface area contributed by atoms with E-state index < -0.39 is 147 Å². The van der Waals surface area contributed by atoms with E-state index in [0.29, 0.717) is 99.3 Å². The van der Waals surface area contributed by atoms with E-state index >= 15 is 0 Å². The predicted molar refractivity (Wildman–Crippen MR) is 381 cm³/mol. The number of rotatable bonds is 15. The van der Waals surface area contributed by atoms with E-state index in [4.69, 9.17) is 51.4 Å². The molecule has 40 heteroatoms. The Labute approximate surface area is 613 Å². The monoisotopic (exact) mass is 1510 g/mol. The number of hydrogen-bond acceptors (Lipinski definition) is 34. The number of aryl methyl sites for hydroxylation is 1. The van der Waals surface area contributed by atoms with E-state index in [1.54, 1.807) is 78.0 Å². The van der Waals surface area contributed by atoms with Gasteiger partial charge in [-0.1, -0.05) is 13.8 Å². The van der Waals surface area contributed by atoms with Crippen LogP contribution in [0.5, 0.6) is 0 Å². The number of H-pyrrole nitrogens is 1. The van der Waals surface area contributed by atoms with Gasteiger partial charge in [0.25, 0.3) is 0 Å². The van der Waals surface area contributed by atoms with Crippen molar-refractivity contribution < 1.29 is 99.9 Å². The molecule has 40 nitrogen and oxygen atoms in total. The second-order valence-corrected chi connectivity index (χ2v) is 26.7. The average molecular weight is 1510 g/mol. The first-order chi connectivity index (χ1) is 51.7. The number of imidazole rings is 3. The lowest BCUT2D eigenvalue weighted by molar-refractivity contribution is -0.0840. The molecular weight excluding hydrogens is 1420 g/mol. The topological polar surface area (TPSA) is 612 Å². The molecule has 0 radical (unpaired) electrons. The number of nitrogen functional groups attached to an aromatic ring is 4. The van der Waals surface area contributed by atoms with E-state index in [9.17, 15) is 71.5 Å². The molecule has 24 atom stereocenters. The number of anilines is 4. The Morgan fingerprint density at radius 1 is 0.435 bits per heavy atom. The van der Waals surface area contributed by atoms with Gasteiger partial charge in [0.2, 0.25) is 0 Å². The third kappa shape index (κ3) is 15.1. The van der Waals surface area contributed by atoms with Gasteiger partial charge in [-0.15, -0.1) is 0 Å². The number of ether oxygens (including phenoxy) is 6. The fraction of sp³-hybridized carbons (Fsp3) is 0.500. The lowest BCUT2D eigenvalue weighted by Crippen LogP contribution is -2.38. The zero-order valence-corrected chi connectivity index (χ0v) is 59.2. The van der Waals surface area contributed by atoms with Crippen LogP contribution < -0.4 is 22.9 Å². The van der Waals surface area contributed by atoms with Crippen LogP contribution >= 0.6 is 0 Å². The molecule has 5 aliphatic rings. The maximum Gasteiger partial charge on any atom is 0.165 e. The summed E-state index contributed by atoms with van der Waals surface area (Å²) in [5.74, 6) is 0. The zero-order valence-electron chi connectivity index (χ0n) is 59.2. The van der Waals surface area contributed by atoms with Gasteiger partial charge in [-0.2, -0.15) is 5.10 Å². The van der Waals surface area contributed by atoms with Crippen LogP contribution in [0, 0.1) is 6.92 Å². The molecule has 0 spiro atoms. The van der Waals surface area contributed by atoms with Gasteiger partial charge in [-0.25, -0.2) is 44.9 Å². The highest BCUT2D eigenvalue weighted by atomic mass is 16.6. The molecule has 0 saturated carbocycles. The fourth-order valence-electron chi connectivity index (χ4n) is 13.5. The highest BCUT2D eigenvalue weighted by Gasteiger charge is 2.51. The second-order valence-electron chi connectivity index (χ2n) is 26.7. The van der Waals surface area contributed by atoms with Gasteiger partial charge in [-0.3, -0.25) is 18.8 Å². The first-order valence-corrected chi connectivity index (χ1v) is 34.8. The Hall–Kier alpha value is -9.22.